The van der Waals surface area contributed by atoms with Gasteiger partial charge in [-0.1, -0.05) is 75.4 Å². The van der Waals surface area contributed by atoms with Crippen molar-refractivity contribution >= 4 is 17.8 Å². The van der Waals surface area contributed by atoms with Crippen molar-refractivity contribution in [2.24, 2.45) is 5.92 Å². The molecule has 3 aromatic heterocycles. The molecular weight excluding hydrogens is 695 g/mol. The van der Waals surface area contributed by atoms with E-state index in [2.05, 4.69) is 43.7 Å². The number of hydrogen-bond acceptors (Lipinski definition) is 9. The average Bonchev–Trinajstić information content (AvgIpc) is 4.07. The zero-order valence-corrected chi connectivity index (χ0v) is 31.9. The second-order valence-electron chi connectivity index (χ2n) is 14.3. The molecule has 0 radical (unpaired) electrons. The first kappa shape index (κ1) is 37.6. The third kappa shape index (κ3) is 7.93. The Morgan fingerprint density at radius 2 is 1.29 bits per heavy atom. The number of esters is 1. The Morgan fingerprint density at radius 3 is 1.85 bits per heavy atom. The summed E-state index contributed by atoms with van der Waals surface area (Å²) in [6.45, 7) is 8.86. The topological polar surface area (TPSA) is 153 Å². The van der Waals surface area contributed by atoms with Crippen LogP contribution in [0.2, 0.25) is 0 Å². The second-order valence-corrected chi connectivity index (χ2v) is 14.3. The smallest absolute Gasteiger partial charge is 0.306 e. The van der Waals surface area contributed by atoms with Crippen molar-refractivity contribution in [2.75, 3.05) is 33.3 Å². The van der Waals surface area contributed by atoms with Crippen LogP contribution in [0.5, 0.6) is 0 Å². The van der Waals surface area contributed by atoms with Crippen molar-refractivity contribution in [3.8, 4) is 33.9 Å². The van der Waals surface area contributed by atoms with E-state index in [1.54, 1.807) is 25.5 Å². The van der Waals surface area contributed by atoms with Gasteiger partial charge >= 0.3 is 5.97 Å². The Hall–Kier alpha value is -5.69. The van der Waals surface area contributed by atoms with Gasteiger partial charge in [0.25, 0.3) is 0 Å². The van der Waals surface area contributed by atoms with E-state index in [1.807, 2.05) is 70.6 Å². The molecule has 7 rings (SSSR count). The van der Waals surface area contributed by atoms with E-state index in [9.17, 15) is 14.4 Å². The number of nitrogens with one attached hydrogen (secondary N) is 2. The first-order valence-corrected chi connectivity index (χ1v) is 19.3. The fraction of sp³-hybridized carbons (Fsp3) is 0.405. The monoisotopic (exact) mass is 743 g/mol. The summed E-state index contributed by atoms with van der Waals surface area (Å²) in [5.41, 5.74) is 5.30. The lowest BCUT2D eigenvalue weighted by Gasteiger charge is -2.34. The summed E-state index contributed by atoms with van der Waals surface area (Å²) in [5, 5.41) is 0. The zero-order chi connectivity index (χ0) is 38.5. The van der Waals surface area contributed by atoms with E-state index in [1.165, 1.54) is 7.11 Å². The molecule has 0 bridgehead atoms. The number of H-pyrrole nitrogens is 2. The number of methoxy groups -OCH3 is 1. The number of hydrogen-bond donors (Lipinski definition) is 2. The molecule has 0 saturated carbocycles. The van der Waals surface area contributed by atoms with Crippen LogP contribution >= 0.6 is 0 Å². The highest BCUT2D eigenvalue weighted by atomic mass is 16.5. The molecule has 286 valence electrons. The summed E-state index contributed by atoms with van der Waals surface area (Å²) in [6, 6.07) is 17.5. The molecule has 2 aliphatic rings. The number of likely N-dealkylation sites (tertiary alicyclic amines) is 2. The normalized spacial score (nSPS) is 18.1. The fourth-order valence-electron chi connectivity index (χ4n) is 7.94. The summed E-state index contributed by atoms with van der Waals surface area (Å²) in [4.78, 5) is 70.7. The highest BCUT2D eigenvalue weighted by molar-refractivity contribution is 5.84. The van der Waals surface area contributed by atoms with Crippen molar-refractivity contribution in [1.82, 2.24) is 44.6 Å². The number of amides is 2. The lowest BCUT2D eigenvalue weighted by molar-refractivity contribution is -0.146. The quantitative estimate of drug-likeness (QED) is 0.128. The Bertz CT molecular complexity index is 2080. The van der Waals surface area contributed by atoms with Crippen LogP contribution in [-0.4, -0.2) is 95.7 Å². The van der Waals surface area contributed by atoms with Crippen LogP contribution in [0.4, 0.5) is 0 Å². The van der Waals surface area contributed by atoms with Gasteiger partial charge in [0.15, 0.2) is 5.82 Å². The number of ether oxygens (including phenoxy) is 1. The molecule has 2 fully saturated rings. The largest absolute Gasteiger partial charge is 0.469 e. The third-order valence-electron chi connectivity index (χ3n) is 11.0. The number of aromatic nitrogens is 6. The van der Waals surface area contributed by atoms with Crippen molar-refractivity contribution in [2.45, 2.75) is 71.0 Å². The van der Waals surface area contributed by atoms with Gasteiger partial charge in [0.1, 0.15) is 17.7 Å². The lowest BCUT2D eigenvalue weighted by atomic mass is 10.0. The minimum absolute atomic E-state index is 0.0504. The minimum Gasteiger partial charge on any atom is -0.469 e. The molecule has 2 N–H and O–H groups in total. The number of likely N-dealkylation sites (N-methyl/N-ethyl adjacent to an activating group) is 1. The molecule has 4 atom stereocenters. The van der Waals surface area contributed by atoms with E-state index >= 15 is 0 Å². The Morgan fingerprint density at radius 1 is 0.745 bits per heavy atom. The average molecular weight is 744 g/mol. The van der Waals surface area contributed by atoms with Crippen molar-refractivity contribution in [3.05, 3.63) is 96.6 Å². The number of carbonyl (C=O) groups excluding carboxylic acids is 3. The minimum atomic E-state index is -0.467. The molecule has 55 heavy (non-hydrogen) atoms. The highest BCUT2D eigenvalue weighted by Crippen LogP contribution is 2.36. The van der Waals surface area contributed by atoms with Crippen LogP contribution in [-0.2, 0) is 19.1 Å². The number of rotatable bonds is 13. The molecule has 2 saturated heterocycles. The summed E-state index contributed by atoms with van der Waals surface area (Å²) in [5.74, 6) is 1.28. The van der Waals surface area contributed by atoms with Gasteiger partial charge in [-0.05, 0) is 49.9 Å². The van der Waals surface area contributed by atoms with E-state index < -0.39 is 11.9 Å². The maximum absolute atomic E-state index is 14.2. The van der Waals surface area contributed by atoms with E-state index in [-0.39, 0.29) is 36.4 Å². The van der Waals surface area contributed by atoms with Crippen molar-refractivity contribution in [1.29, 1.82) is 0 Å². The number of carbonyl (C=O) groups is 3. The van der Waals surface area contributed by atoms with Crippen LogP contribution in [0.3, 0.4) is 0 Å². The first-order chi connectivity index (χ1) is 26.8. The van der Waals surface area contributed by atoms with Crippen LogP contribution in [0.25, 0.3) is 33.9 Å². The molecule has 13 nitrogen and oxygen atoms in total. The summed E-state index contributed by atoms with van der Waals surface area (Å²) >= 11 is 0. The van der Waals surface area contributed by atoms with Gasteiger partial charge in [0.05, 0.1) is 49.4 Å². The molecule has 5 aromatic rings. The van der Waals surface area contributed by atoms with Gasteiger partial charge in [-0.15, -0.1) is 0 Å². The van der Waals surface area contributed by atoms with Gasteiger partial charge in [-0.25, -0.2) is 19.9 Å². The maximum Gasteiger partial charge on any atom is 0.306 e. The Kier molecular flexibility index (Phi) is 11.5. The zero-order valence-electron chi connectivity index (χ0n) is 31.9. The van der Waals surface area contributed by atoms with Gasteiger partial charge in [-0.3, -0.25) is 19.3 Å². The van der Waals surface area contributed by atoms with E-state index in [0.717, 1.165) is 78.2 Å². The van der Waals surface area contributed by atoms with E-state index in [4.69, 9.17) is 9.72 Å². The molecule has 0 aliphatic carbocycles. The van der Waals surface area contributed by atoms with Crippen LogP contribution in [0, 0.1) is 5.92 Å². The molecule has 5 heterocycles. The van der Waals surface area contributed by atoms with Crippen molar-refractivity contribution < 1.29 is 19.1 Å². The van der Waals surface area contributed by atoms with Gasteiger partial charge in [-0.2, -0.15) is 0 Å². The molecule has 2 aromatic carbocycles. The number of nitrogens with zero attached hydrogens (tertiary/aromatic N) is 7. The molecule has 0 spiro atoms. The van der Waals surface area contributed by atoms with E-state index in [0.29, 0.717) is 24.7 Å². The van der Waals surface area contributed by atoms with Crippen molar-refractivity contribution in [3.63, 3.8) is 0 Å². The summed E-state index contributed by atoms with van der Waals surface area (Å²) in [6.07, 6.45) is 10.6. The predicted octanol–water partition coefficient (Wildman–Crippen LogP) is 6.53. The predicted molar refractivity (Wildman–Crippen MR) is 208 cm³/mol. The second kappa shape index (κ2) is 16.8. The molecule has 13 heteroatoms. The summed E-state index contributed by atoms with van der Waals surface area (Å²) in [7, 11) is 1.33. The van der Waals surface area contributed by atoms with Gasteiger partial charge in [0.2, 0.25) is 11.8 Å². The Balaban J connectivity index is 1.01. The third-order valence-corrected chi connectivity index (χ3v) is 11.0. The van der Waals surface area contributed by atoms with Crippen LogP contribution in [0.15, 0.2) is 79.4 Å². The Labute approximate surface area is 321 Å². The molecule has 0 unspecified atom stereocenters. The SMILES string of the molecule is CCN(CC)[C@@H](C(=O)N1CCC[C@H]1c1ncc(-c2ccc(-c3ncc(-c4cnc([C@@H]5CCCN5C(=O)[C@H](C)CC(=O)OC)[nH]4)cn3)cc2)[nH]1)c1ccccc1. The maximum atomic E-state index is 14.2. The highest BCUT2D eigenvalue weighted by Gasteiger charge is 2.38. The lowest BCUT2D eigenvalue weighted by Crippen LogP contribution is -2.43. The van der Waals surface area contributed by atoms with Crippen LogP contribution < -0.4 is 0 Å². The number of benzene rings is 2. The van der Waals surface area contributed by atoms with Gasteiger partial charge < -0.3 is 24.5 Å². The summed E-state index contributed by atoms with van der Waals surface area (Å²) < 4.78 is 4.75. The number of aromatic amines is 2. The molecular formula is C42H49N9O4. The molecule has 2 aliphatic heterocycles. The van der Waals surface area contributed by atoms with Crippen LogP contribution in [0.1, 0.15) is 88.2 Å². The molecule has 2 amide bonds. The fourth-order valence-corrected chi connectivity index (χ4v) is 7.94. The first-order valence-electron chi connectivity index (χ1n) is 19.3. The standard InChI is InChI=1S/C42H49N9O4/c1-5-49(6-2)37(29-12-8-7-9-13-29)42(54)51-21-11-15-35(51)40-45-25-32(47-40)28-16-18-30(19-17-28)38-43-23-31(24-44-38)33-26-46-39(48-33)34-14-10-20-50(34)41(53)27(3)22-36(52)55-4/h7-9,12-13,16-19,23-27,34-35,37H,5-6,10-11,14-15,20-22H2,1-4H3,(H,45,47)(H,46,48)/t27-,34+,35+,37-/m1/s1. The van der Waals surface area contributed by atoms with Gasteiger partial charge in [0, 0.05) is 42.5 Å². The number of imidazole rings is 2.